The molecule has 152 valence electrons. The van der Waals surface area contributed by atoms with Gasteiger partial charge in [-0.25, -0.2) is 13.2 Å². The molecule has 0 saturated heterocycles. The molecule has 0 saturated carbocycles. The Balaban J connectivity index is 1.78. The summed E-state index contributed by atoms with van der Waals surface area (Å²) in [5, 5.41) is 3.74. The Kier molecular flexibility index (Phi) is 5.88. The molecule has 0 aliphatic carbocycles. The Hall–Kier alpha value is -3.33. The third-order valence-electron chi connectivity index (χ3n) is 4.19. The highest BCUT2D eigenvalue weighted by molar-refractivity contribution is 7.92. The first-order chi connectivity index (χ1) is 13.8. The average Bonchev–Trinajstić information content (AvgIpc) is 3.16. The molecule has 0 fully saturated rings. The topological polar surface area (TPSA) is 98.9 Å². The molecule has 8 nitrogen and oxygen atoms in total. The van der Waals surface area contributed by atoms with Crippen molar-refractivity contribution in [3.63, 3.8) is 0 Å². The van der Waals surface area contributed by atoms with Gasteiger partial charge in [-0.05, 0) is 49.4 Å². The van der Waals surface area contributed by atoms with E-state index in [1.165, 1.54) is 38.4 Å². The molecule has 9 heteroatoms. The summed E-state index contributed by atoms with van der Waals surface area (Å²) in [7, 11) is -0.903. The lowest BCUT2D eigenvalue weighted by Gasteiger charge is -2.20. The number of ether oxygens (including phenoxy) is 2. The van der Waals surface area contributed by atoms with Crippen molar-refractivity contribution in [3.05, 3.63) is 71.6 Å². The second-order valence-electron chi connectivity index (χ2n) is 6.20. The van der Waals surface area contributed by atoms with Crippen molar-refractivity contribution in [2.75, 3.05) is 18.5 Å². The maximum absolute atomic E-state index is 13.0. The first kappa shape index (κ1) is 20.4. The van der Waals surface area contributed by atoms with Crippen molar-refractivity contribution in [3.8, 4) is 5.75 Å². The van der Waals surface area contributed by atoms with E-state index in [4.69, 9.17) is 14.0 Å². The number of rotatable bonds is 7. The lowest BCUT2D eigenvalue weighted by molar-refractivity contribution is 0.0464. The molecule has 29 heavy (non-hydrogen) atoms. The molecular weight excluding hydrogens is 396 g/mol. The number of carbonyl (C=O) groups excluding carboxylic acids is 1. The number of hydrogen-bond donors (Lipinski definition) is 0. The average molecular weight is 416 g/mol. The van der Waals surface area contributed by atoms with Gasteiger partial charge >= 0.3 is 5.97 Å². The molecule has 0 unspecified atom stereocenters. The minimum absolute atomic E-state index is 0.0254. The number of hydrogen-bond acceptors (Lipinski definition) is 7. The maximum atomic E-state index is 13.0. The maximum Gasteiger partial charge on any atom is 0.338 e. The van der Waals surface area contributed by atoms with Gasteiger partial charge in [0, 0.05) is 13.1 Å². The first-order valence-electron chi connectivity index (χ1n) is 8.63. The van der Waals surface area contributed by atoms with Gasteiger partial charge < -0.3 is 14.0 Å². The van der Waals surface area contributed by atoms with Crippen LogP contribution in [0.5, 0.6) is 5.75 Å². The highest BCUT2D eigenvalue weighted by Gasteiger charge is 2.23. The van der Waals surface area contributed by atoms with Gasteiger partial charge in [-0.2, -0.15) is 0 Å². The van der Waals surface area contributed by atoms with Crippen molar-refractivity contribution < 1.29 is 27.2 Å². The van der Waals surface area contributed by atoms with Crippen molar-refractivity contribution in [2.45, 2.75) is 18.4 Å². The molecule has 0 aliphatic rings. The van der Waals surface area contributed by atoms with E-state index in [0.29, 0.717) is 22.9 Å². The van der Waals surface area contributed by atoms with E-state index >= 15 is 0 Å². The lowest BCUT2D eigenvalue weighted by atomic mass is 10.2. The first-order valence-corrected chi connectivity index (χ1v) is 10.1. The van der Waals surface area contributed by atoms with Gasteiger partial charge in [0.05, 0.1) is 23.3 Å². The molecule has 1 aromatic heterocycles. The number of sulfonamides is 1. The third-order valence-corrected chi connectivity index (χ3v) is 5.97. The van der Waals surface area contributed by atoms with Crippen LogP contribution in [0.3, 0.4) is 0 Å². The SMILES string of the molecule is COc1ccc(N(C)S(=O)(=O)c2cccc(C(=O)OCc3cc(C)on3)c2)cc1. The number of methoxy groups -OCH3 is 1. The quantitative estimate of drug-likeness (QED) is 0.546. The summed E-state index contributed by atoms with van der Waals surface area (Å²) in [6.45, 7) is 1.66. The van der Waals surface area contributed by atoms with Crippen molar-refractivity contribution >= 4 is 21.7 Å². The van der Waals surface area contributed by atoms with E-state index in [0.717, 1.165) is 4.31 Å². The molecule has 0 amide bonds. The fraction of sp³-hybridized carbons (Fsp3) is 0.200. The van der Waals surface area contributed by atoms with E-state index in [-0.39, 0.29) is 17.1 Å². The minimum atomic E-state index is -3.87. The smallest absolute Gasteiger partial charge is 0.338 e. The summed E-state index contributed by atoms with van der Waals surface area (Å²) in [4.78, 5) is 12.3. The molecule has 0 spiro atoms. The van der Waals surface area contributed by atoms with Gasteiger partial charge in [0.2, 0.25) is 0 Å². The number of nitrogens with zero attached hydrogens (tertiary/aromatic N) is 2. The standard InChI is InChI=1S/C20H20N2O6S/c1-14-11-16(21-28-14)13-27-20(23)15-5-4-6-19(12-15)29(24,25)22(2)17-7-9-18(26-3)10-8-17/h4-12H,13H2,1-3H3. The summed E-state index contributed by atoms with van der Waals surface area (Å²) in [5.41, 5.74) is 1.05. The van der Waals surface area contributed by atoms with Gasteiger partial charge in [-0.3, -0.25) is 4.31 Å². The predicted molar refractivity (Wildman–Crippen MR) is 105 cm³/mol. The summed E-state index contributed by atoms with van der Waals surface area (Å²) >= 11 is 0. The predicted octanol–water partition coefficient (Wildman–Crippen LogP) is 3.17. The second kappa shape index (κ2) is 8.36. The summed E-state index contributed by atoms with van der Waals surface area (Å²) in [6, 6.07) is 13.9. The number of aromatic nitrogens is 1. The van der Waals surface area contributed by atoms with E-state index < -0.39 is 16.0 Å². The Morgan fingerprint density at radius 3 is 2.48 bits per heavy atom. The van der Waals surface area contributed by atoms with Crippen LogP contribution < -0.4 is 9.04 Å². The van der Waals surface area contributed by atoms with Crippen LogP contribution in [-0.2, 0) is 21.4 Å². The van der Waals surface area contributed by atoms with E-state index in [1.807, 2.05) is 0 Å². The second-order valence-corrected chi connectivity index (χ2v) is 8.17. The zero-order chi connectivity index (χ0) is 21.0. The Bertz CT molecular complexity index is 1110. The van der Waals surface area contributed by atoms with Crippen molar-refractivity contribution in [2.24, 2.45) is 0 Å². The fourth-order valence-electron chi connectivity index (χ4n) is 2.58. The summed E-state index contributed by atoms with van der Waals surface area (Å²) in [6.07, 6.45) is 0. The molecule has 3 aromatic rings. The van der Waals surface area contributed by atoms with Crippen LogP contribution in [0.2, 0.25) is 0 Å². The molecule has 0 aliphatic heterocycles. The third kappa shape index (κ3) is 4.57. The van der Waals surface area contributed by atoms with Gasteiger partial charge in [-0.15, -0.1) is 0 Å². The number of anilines is 1. The van der Waals surface area contributed by atoms with Crippen LogP contribution in [-0.4, -0.2) is 33.7 Å². The highest BCUT2D eigenvalue weighted by atomic mass is 32.2. The lowest BCUT2D eigenvalue weighted by Crippen LogP contribution is -2.26. The molecule has 0 bridgehead atoms. The minimum Gasteiger partial charge on any atom is -0.497 e. The molecule has 3 rings (SSSR count). The number of benzene rings is 2. The van der Waals surface area contributed by atoms with Crippen LogP contribution in [0.4, 0.5) is 5.69 Å². The zero-order valence-electron chi connectivity index (χ0n) is 16.2. The van der Waals surface area contributed by atoms with Crippen LogP contribution in [0, 0.1) is 6.92 Å². The Morgan fingerprint density at radius 1 is 1.14 bits per heavy atom. The number of esters is 1. The van der Waals surface area contributed by atoms with Crippen LogP contribution in [0.1, 0.15) is 21.8 Å². The molecule has 1 heterocycles. The molecule has 2 aromatic carbocycles. The van der Waals surface area contributed by atoms with E-state index in [1.54, 1.807) is 37.3 Å². The largest absolute Gasteiger partial charge is 0.497 e. The van der Waals surface area contributed by atoms with Gasteiger partial charge in [0.25, 0.3) is 10.0 Å². The molecule has 0 atom stereocenters. The molecular formula is C20H20N2O6S. The monoisotopic (exact) mass is 416 g/mol. The molecule has 0 N–H and O–H groups in total. The van der Waals surface area contributed by atoms with Crippen LogP contribution >= 0.6 is 0 Å². The highest BCUT2D eigenvalue weighted by Crippen LogP contribution is 2.25. The Labute approximate surface area is 168 Å². The van der Waals surface area contributed by atoms with Crippen LogP contribution in [0.25, 0.3) is 0 Å². The normalized spacial score (nSPS) is 11.1. The van der Waals surface area contributed by atoms with Crippen molar-refractivity contribution in [1.29, 1.82) is 0 Å². The zero-order valence-corrected chi connectivity index (χ0v) is 17.0. The van der Waals surface area contributed by atoms with Gasteiger partial charge in [0.1, 0.15) is 23.8 Å². The van der Waals surface area contributed by atoms with E-state index in [9.17, 15) is 13.2 Å². The van der Waals surface area contributed by atoms with Gasteiger partial charge in [-0.1, -0.05) is 11.2 Å². The van der Waals surface area contributed by atoms with E-state index in [2.05, 4.69) is 5.16 Å². The summed E-state index contributed by atoms with van der Waals surface area (Å²) < 4.78 is 42.2. The van der Waals surface area contributed by atoms with Crippen molar-refractivity contribution in [1.82, 2.24) is 5.16 Å². The Morgan fingerprint density at radius 2 is 1.86 bits per heavy atom. The van der Waals surface area contributed by atoms with Crippen LogP contribution in [0.15, 0.2) is 64.0 Å². The molecule has 0 radical (unpaired) electrons. The number of carbonyl (C=O) groups is 1. The van der Waals surface area contributed by atoms with Gasteiger partial charge in [0.15, 0.2) is 0 Å². The summed E-state index contributed by atoms with van der Waals surface area (Å²) in [5.74, 6) is 0.562. The fourth-order valence-corrected chi connectivity index (χ4v) is 3.82. The number of aryl methyl sites for hydroxylation is 1.